The van der Waals surface area contributed by atoms with Crippen LogP contribution in [0, 0.1) is 0 Å². The lowest BCUT2D eigenvalue weighted by Gasteiger charge is -2.35. The number of pyridine rings is 1. The second-order valence-corrected chi connectivity index (χ2v) is 9.62. The van der Waals surface area contributed by atoms with Crippen molar-refractivity contribution in [2.24, 2.45) is 0 Å². The summed E-state index contributed by atoms with van der Waals surface area (Å²) in [5, 5.41) is 2.93. The van der Waals surface area contributed by atoms with Gasteiger partial charge >= 0.3 is 0 Å². The van der Waals surface area contributed by atoms with E-state index in [-0.39, 0.29) is 24.4 Å². The van der Waals surface area contributed by atoms with Crippen molar-refractivity contribution in [3.63, 3.8) is 0 Å². The highest BCUT2D eigenvalue weighted by Crippen LogP contribution is 2.25. The van der Waals surface area contributed by atoms with Gasteiger partial charge in [0, 0.05) is 31.7 Å². The van der Waals surface area contributed by atoms with E-state index in [2.05, 4.69) is 27.3 Å². The van der Waals surface area contributed by atoms with Crippen molar-refractivity contribution < 1.29 is 9.59 Å². The Morgan fingerprint density at radius 3 is 2.46 bits per heavy atom. The van der Waals surface area contributed by atoms with Crippen LogP contribution in [0.2, 0.25) is 0 Å². The molecule has 2 aromatic heterocycles. The van der Waals surface area contributed by atoms with E-state index in [1.807, 2.05) is 47.0 Å². The minimum atomic E-state index is -0.217. The zero-order valence-electron chi connectivity index (χ0n) is 21.1. The Kier molecular flexibility index (Phi) is 7.89. The van der Waals surface area contributed by atoms with Gasteiger partial charge in [-0.05, 0) is 42.7 Å². The SMILES string of the molecule is O=C(NCCc1nc2ccccc2n1CC(=O)N(Cc1ccccc1)C1CCCCC1)c1ccccn1. The van der Waals surface area contributed by atoms with Crippen LogP contribution < -0.4 is 5.32 Å². The van der Waals surface area contributed by atoms with Gasteiger partial charge < -0.3 is 14.8 Å². The number of benzene rings is 2. The van der Waals surface area contributed by atoms with E-state index in [9.17, 15) is 9.59 Å². The highest BCUT2D eigenvalue weighted by atomic mass is 16.2. The van der Waals surface area contributed by atoms with Crippen molar-refractivity contribution in [3.05, 3.63) is 96.1 Å². The van der Waals surface area contributed by atoms with Crippen LogP contribution >= 0.6 is 0 Å². The molecule has 1 saturated carbocycles. The molecule has 2 amide bonds. The molecule has 1 fully saturated rings. The topological polar surface area (TPSA) is 80.1 Å². The number of amides is 2. The minimum Gasteiger partial charge on any atom is -0.350 e. The monoisotopic (exact) mass is 495 g/mol. The van der Waals surface area contributed by atoms with Crippen molar-refractivity contribution in [3.8, 4) is 0 Å². The van der Waals surface area contributed by atoms with Gasteiger partial charge in [0.1, 0.15) is 18.1 Å². The highest BCUT2D eigenvalue weighted by molar-refractivity contribution is 5.92. The van der Waals surface area contributed by atoms with E-state index in [1.54, 1.807) is 24.4 Å². The number of aromatic nitrogens is 3. The number of hydrogen-bond acceptors (Lipinski definition) is 4. The summed E-state index contributed by atoms with van der Waals surface area (Å²) >= 11 is 0. The third-order valence-corrected chi connectivity index (χ3v) is 7.09. The van der Waals surface area contributed by atoms with Crippen LogP contribution in [0.4, 0.5) is 0 Å². The number of para-hydroxylation sites is 2. The zero-order valence-corrected chi connectivity index (χ0v) is 21.1. The summed E-state index contributed by atoms with van der Waals surface area (Å²) in [7, 11) is 0. The van der Waals surface area contributed by atoms with E-state index in [0.29, 0.717) is 25.2 Å². The smallest absolute Gasteiger partial charge is 0.269 e. The number of rotatable bonds is 9. The molecular formula is C30H33N5O2. The first-order chi connectivity index (χ1) is 18.2. The number of carbonyl (C=O) groups excluding carboxylic acids is 2. The molecule has 1 N–H and O–H groups in total. The van der Waals surface area contributed by atoms with Crippen molar-refractivity contribution in [2.75, 3.05) is 6.54 Å². The van der Waals surface area contributed by atoms with Crippen molar-refractivity contribution in [2.45, 2.75) is 57.7 Å². The number of nitrogens with one attached hydrogen (secondary N) is 1. The van der Waals surface area contributed by atoms with Crippen LogP contribution in [0.1, 0.15) is 54.0 Å². The summed E-state index contributed by atoms with van der Waals surface area (Å²) in [6.07, 6.45) is 7.79. The van der Waals surface area contributed by atoms with Gasteiger partial charge in [0.2, 0.25) is 5.91 Å². The van der Waals surface area contributed by atoms with Gasteiger partial charge in [0.05, 0.1) is 11.0 Å². The van der Waals surface area contributed by atoms with Crippen LogP contribution in [0.5, 0.6) is 0 Å². The first-order valence-electron chi connectivity index (χ1n) is 13.2. The molecule has 4 aromatic rings. The predicted octanol–water partition coefficient (Wildman–Crippen LogP) is 4.77. The first-order valence-corrected chi connectivity index (χ1v) is 13.2. The second-order valence-electron chi connectivity index (χ2n) is 9.62. The van der Waals surface area contributed by atoms with Crippen LogP contribution in [-0.2, 0) is 24.3 Å². The number of nitrogens with zero attached hydrogens (tertiary/aromatic N) is 4. The zero-order chi connectivity index (χ0) is 25.5. The predicted molar refractivity (Wildman–Crippen MR) is 144 cm³/mol. The Hall–Kier alpha value is -4.00. The fourth-order valence-corrected chi connectivity index (χ4v) is 5.19. The Labute approximate surface area is 217 Å². The molecule has 190 valence electrons. The molecule has 7 nitrogen and oxygen atoms in total. The van der Waals surface area contributed by atoms with Gasteiger partial charge in [-0.2, -0.15) is 0 Å². The number of hydrogen-bond donors (Lipinski definition) is 1. The van der Waals surface area contributed by atoms with E-state index < -0.39 is 0 Å². The van der Waals surface area contributed by atoms with E-state index in [4.69, 9.17) is 4.98 Å². The summed E-state index contributed by atoms with van der Waals surface area (Å²) in [6, 6.07) is 23.7. The normalized spacial score (nSPS) is 13.9. The summed E-state index contributed by atoms with van der Waals surface area (Å²) in [4.78, 5) is 37.3. The molecule has 1 aliphatic carbocycles. The van der Waals surface area contributed by atoms with Gasteiger partial charge in [-0.25, -0.2) is 4.98 Å². The van der Waals surface area contributed by atoms with E-state index in [1.165, 1.54) is 19.3 Å². The second kappa shape index (κ2) is 11.8. The number of fused-ring (bicyclic) bond motifs is 1. The molecule has 0 atom stereocenters. The molecule has 0 bridgehead atoms. The summed E-state index contributed by atoms with van der Waals surface area (Å²) < 4.78 is 2.02. The molecule has 2 heterocycles. The summed E-state index contributed by atoms with van der Waals surface area (Å²) in [5.74, 6) is 0.683. The lowest BCUT2D eigenvalue weighted by Crippen LogP contribution is -2.42. The highest BCUT2D eigenvalue weighted by Gasteiger charge is 2.27. The van der Waals surface area contributed by atoms with E-state index >= 15 is 0 Å². The molecule has 0 radical (unpaired) electrons. The third-order valence-electron chi connectivity index (χ3n) is 7.09. The van der Waals surface area contributed by atoms with E-state index in [0.717, 1.165) is 35.3 Å². The standard InChI is InChI=1S/C30H33N5O2/c36-29(34(24-13-5-2-6-14-24)21-23-11-3-1-4-12-23)22-35-27-17-8-7-15-25(27)33-28(35)18-20-32-30(37)26-16-9-10-19-31-26/h1,3-4,7-12,15-17,19,24H,2,5-6,13-14,18,20-22H2,(H,32,37). The molecule has 5 rings (SSSR count). The number of carbonyl (C=O) groups is 2. The molecule has 0 saturated heterocycles. The molecule has 1 aliphatic rings. The maximum absolute atomic E-state index is 13.9. The molecule has 0 spiro atoms. The Bertz CT molecular complexity index is 1330. The molecule has 2 aromatic carbocycles. The lowest BCUT2D eigenvalue weighted by molar-refractivity contribution is -0.135. The summed E-state index contributed by atoms with van der Waals surface area (Å²) in [6.45, 7) is 1.25. The Balaban J connectivity index is 1.35. The Morgan fingerprint density at radius 2 is 1.68 bits per heavy atom. The Morgan fingerprint density at radius 1 is 0.919 bits per heavy atom. The molecule has 37 heavy (non-hydrogen) atoms. The first kappa shape index (κ1) is 24.7. The largest absolute Gasteiger partial charge is 0.350 e. The van der Waals surface area contributed by atoms with Crippen LogP contribution in [0.3, 0.4) is 0 Å². The van der Waals surface area contributed by atoms with Gasteiger partial charge in [-0.15, -0.1) is 0 Å². The number of imidazole rings is 1. The van der Waals surface area contributed by atoms with Gasteiger partial charge in [0.15, 0.2) is 0 Å². The molecule has 7 heteroatoms. The minimum absolute atomic E-state index is 0.109. The van der Waals surface area contributed by atoms with Gasteiger partial charge in [-0.1, -0.05) is 67.8 Å². The maximum Gasteiger partial charge on any atom is 0.269 e. The van der Waals surface area contributed by atoms with Crippen molar-refractivity contribution in [1.29, 1.82) is 0 Å². The summed E-state index contributed by atoms with van der Waals surface area (Å²) in [5.41, 5.74) is 3.32. The fraction of sp³-hybridized carbons (Fsp3) is 0.333. The van der Waals surface area contributed by atoms with Gasteiger partial charge in [-0.3, -0.25) is 14.6 Å². The molecule has 0 aliphatic heterocycles. The van der Waals surface area contributed by atoms with Crippen molar-refractivity contribution >= 4 is 22.8 Å². The van der Waals surface area contributed by atoms with Crippen LogP contribution in [-0.4, -0.2) is 43.8 Å². The lowest BCUT2D eigenvalue weighted by atomic mass is 9.93. The average molecular weight is 496 g/mol. The van der Waals surface area contributed by atoms with Gasteiger partial charge in [0.25, 0.3) is 5.91 Å². The third kappa shape index (κ3) is 6.05. The molecule has 0 unspecified atom stereocenters. The van der Waals surface area contributed by atoms with Crippen molar-refractivity contribution in [1.82, 2.24) is 24.8 Å². The maximum atomic E-state index is 13.9. The molecular weight excluding hydrogens is 462 g/mol. The average Bonchev–Trinajstić information content (AvgIpc) is 3.30. The van der Waals surface area contributed by atoms with Crippen LogP contribution in [0.15, 0.2) is 79.0 Å². The van der Waals surface area contributed by atoms with Crippen LogP contribution in [0.25, 0.3) is 11.0 Å². The quantitative estimate of drug-likeness (QED) is 0.363. The fourth-order valence-electron chi connectivity index (χ4n) is 5.19.